The molecule has 0 heterocycles. The SMILES string of the molecule is COc1ccc(C(C)NC2CCc3cc(N)ccc32)cc1. The lowest BCUT2D eigenvalue weighted by Crippen LogP contribution is -2.23. The third kappa shape index (κ3) is 2.88. The Balaban J connectivity index is 1.72. The number of nitrogen functional groups attached to an aromatic ring is 1. The van der Waals surface area contributed by atoms with E-state index in [2.05, 4.69) is 36.5 Å². The van der Waals surface area contributed by atoms with E-state index >= 15 is 0 Å². The largest absolute Gasteiger partial charge is 0.497 e. The smallest absolute Gasteiger partial charge is 0.118 e. The quantitative estimate of drug-likeness (QED) is 0.842. The minimum absolute atomic E-state index is 0.310. The van der Waals surface area contributed by atoms with Gasteiger partial charge in [-0.2, -0.15) is 0 Å². The highest BCUT2D eigenvalue weighted by Crippen LogP contribution is 2.34. The van der Waals surface area contributed by atoms with E-state index in [-0.39, 0.29) is 0 Å². The number of hydrogen-bond donors (Lipinski definition) is 2. The van der Waals surface area contributed by atoms with Crippen molar-refractivity contribution >= 4 is 5.69 Å². The number of anilines is 1. The van der Waals surface area contributed by atoms with Crippen molar-refractivity contribution in [2.24, 2.45) is 0 Å². The fourth-order valence-corrected chi connectivity index (χ4v) is 3.10. The van der Waals surface area contributed by atoms with Gasteiger partial charge in [-0.1, -0.05) is 18.2 Å². The number of hydrogen-bond acceptors (Lipinski definition) is 3. The van der Waals surface area contributed by atoms with Gasteiger partial charge in [-0.15, -0.1) is 0 Å². The zero-order valence-corrected chi connectivity index (χ0v) is 12.6. The standard InChI is InChI=1S/C18H22N2O/c1-12(13-3-7-16(21-2)8-4-13)20-18-10-5-14-11-15(19)6-9-17(14)18/h3-4,6-9,11-12,18,20H,5,10,19H2,1-2H3. The first-order valence-electron chi connectivity index (χ1n) is 7.45. The van der Waals surface area contributed by atoms with E-state index in [0.29, 0.717) is 12.1 Å². The minimum Gasteiger partial charge on any atom is -0.497 e. The molecule has 1 aliphatic rings. The van der Waals surface area contributed by atoms with Crippen LogP contribution in [0.15, 0.2) is 42.5 Å². The zero-order valence-electron chi connectivity index (χ0n) is 12.6. The summed E-state index contributed by atoms with van der Waals surface area (Å²) in [6, 6.07) is 15.3. The monoisotopic (exact) mass is 282 g/mol. The molecule has 3 heteroatoms. The van der Waals surface area contributed by atoms with Crippen molar-refractivity contribution < 1.29 is 4.74 Å². The molecule has 0 amide bonds. The maximum Gasteiger partial charge on any atom is 0.118 e. The molecule has 0 spiro atoms. The average molecular weight is 282 g/mol. The van der Waals surface area contributed by atoms with E-state index in [4.69, 9.17) is 10.5 Å². The maximum atomic E-state index is 5.86. The van der Waals surface area contributed by atoms with Gasteiger partial charge in [-0.3, -0.25) is 0 Å². The van der Waals surface area contributed by atoms with Crippen molar-refractivity contribution in [2.75, 3.05) is 12.8 Å². The molecular weight excluding hydrogens is 260 g/mol. The molecule has 3 nitrogen and oxygen atoms in total. The highest BCUT2D eigenvalue weighted by Gasteiger charge is 2.23. The van der Waals surface area contributed by atoms with E-state index < -0.39 is 0 Å². The summed E-state index contributed by atoms with van der Waals surface area (Å²) in [5.74, 6) is 0.896. The Kier molecular flexibility index (Phi) is 3.84. The number of rotatable bonds is 4. The van der Waals surface area contributed by atoms with E-state index in [1.807, 2.05) is 18.2 Å². The van der Waals surface area contributed by atoms with Crippen molar-refractivity contribution in [1.29, 1.82) is 0 Å². The van der Waals surface area contributed by atoms with Crippen LogP contribution in [0, 0.1) is 0 Å². The van der Waals surface area contributed by atoms with Crippen molar-refractivity contribution in [1.82, 2.24) is 5.32 Å². The summed E-state index contributed by atoms with van der Waals surface area (Å²) in [6.07, 6.45) is 2.24. The Bertz CT molecular complexity index is 622. The van der Waals surface area contributed by atoms with Crippen LogP contribution in [-0.4, -0.2) is 7.11 Å². The fourth-order valence-electron chi connectivity index (χ4n) is 3.10. The fraction of sp³-hybridized carbons (Fsp3) is 0.333. The molecule has 0 radical (unpaired) electrons. The molecule has 0 aliphatic heterocycles. The van der Waals surface area contributed by atoms with Crippen LogP contribution < -0.4 is 15.8 Å². The number of methoxy groups -OCH3 is 1. The number of aryl methyl sites for hydroxylation is 1. The van der Waals surface area contributed by atoms with E-state index in [9.17, 15) is 0 Å². The van der Waals surface area contributed by atoms with Crippen molar-refractivity contribution in [2.45, 2.75) is 31.8 Å². The predicted octanol–water partition coefficient (Wildman–Crippen LogP) is 3.62. The molecule has 110 valence electrons. The molecule has 0 fully saturated rings. The second-order valence-electron chi connectivity index (χ2n) is 5.71. The molecule has 21 heavy (non-hydrogen) atoms. The normalized spacial score (nSPS) is 18.3. The van der Waals surface area contributed by atoms with Gasteiger partial charge in [0.05, 0.1) is 7.11 Å². The lowest BCUT2D eigenvalue weighted by atomic mass is 10.0. The molecule has 2 aromatic carbocycles. The Hall–Kier alpha value is -2.00. The summed E-state index contributed by atoms with van der Waals surface area (Å²) in [7, 11) is 1.69. The van der Waals surface area contributed by atoms with Crippen molar-refractivity contribution in [3.05, 3.63) is 59.2 Å². The number of nitrogens with one attached hydrogen (secondary N) is 1. The molecule has 0 saturated carbocycles. The third-order valence-corrected chi connectivity index (χ3v) is 4.31. The lowest BCUT2D eigenvalue weighted by Gasteiger charge is -2.21. The summed E-state index contributed by atoms with van der Waals surface area (Å²) < 4.78 is 5.21. The van der Waals surface area contributed by atoms with Gasteiger partial charge in [0.1, 0.15) is 5.75 Å². The van der Waals surface area contributed by atoms with Gasteiger partial charge in [0, 0.05) is 17.8 Å². The van der Waals surface area contributed by atoms with Gasteiger partial charge in [0.15, 0.2) is 0 Å². The van der Waals surface area contributed by atoms with E-state index in [0.717, 1.165) is 24.3 Å². The first-order valence-corrected chi connectivity index (χ1v) is 7.45. The number of ether oxygens (including phenoxy) is 1. The average Bonchev–Trinajstić information content (AvgIpc) is 2.89. The topological polar surface area (TPSA) is 47.3 Å². The van der Waals surface area contributed by atoms with Crippen molar-refractivity contribution in [3.8, 4) is 5.75 Å². The summed E-state index contributed by atoms with van der Waals surface area (Å²) in [5, 5.41) is 3.73. The van der Waals surface area contributed by atoms with Crippen LogP contribution in [0.25, 0.3) is 0 Å². The first-order chi connectivity index (χ1) is 10.2. The summed E-state index contributed by atoms with van der Waals surface area (Å²) in [5.41, 5.74) is 10.8. The Labute approximate surface area is 126 Å². The van der Waals surface area contributed by atoms with Crippen LogP contribution in [-0.2, 0) is 6.42 Å². The molecular formula is C18H22N2O. The molecule has 0 bridgehead atoms. The van der Waals surface area contributed by atoms with Crippen LogP contribution in [0.3, 0.4) is 0 Å². The highest BCUT2D eigenvalue weighted by molar-refractivity contribution is 5.47. The van der Waals surface area contributed by atoms with Crippen LogP contribution in [0.4, 0.5) is 5.69 Å². The second kappa shape index (κ2) is 5.78. The van der Waals surface area contributed by atoms with E-state index in [1.165, 1.54) is 16.7 Å². The first kappa shape index (κ1) is 14.0. The van der Waals surface area contributed by atoms with Crippen LogP contribution in [0.2, 0.25) is 0 Å². The zero-order chi connectivity index (χ0) is 14.8. The van der Waals surface area contributed by atoms with Crippen LogP contribution in [0.1, 0.15) is 42.1 Å². The van der Waals surface area contributed by atoms with Crippen LogP contribution >= 0.6 is 0 Å². The summed E-state index contributed by atoms with van der Waals surface area (Å²) >= 11 is 0. The maximum absolute atomic E-state index is 5.86. The van der Waals surface area contributed by atoms with Crippen LogP contribution in [0.5, 0.6) is 5.75 Å². The lowest BCUT2D eigenvalue weighted by molar-refractivity contribution is 0.414. The third-order valence-electron chi connectivity index (χ3n) is 4.31. The van der Waals surface area contributed by atoms with Gasteiger partial charge in [0.25, 0.3) is 0 Å². The molecule has 2 unspecified atom stereocenters. The molecule has 0 saturated heterocycles. The molecule has 2 aromatic rings. The Morgan fingerprint density at radius 1 is 1.19 bits per heavy atom. The predicted molar refractivity (Wildman–Crippen MR) is 86.5 cm³/mol. The molecule has 0 aromatic heterocycles. The highest BCUT2D eigenvalue weighted by atomic mass is 16.5. The number of fused-ring (bicyclic) bond motifs is 1. The van der Waals surface area contributed by atoms with Crippen molar-refractivity contribution in [3.63, 3.8) is 0 Å². The second-order valence-corrected chi connectivity index (χ2v) is 5.71. The molecule has 1 aliphatic carbocycles. The summed E-state index contributed by atoms with van der Waals surface area (Å²) in [4.78, 5) is 0. The van der Waals surface area contributed by atoms with Gasteiger partial charge in [-0.25, -0.2) is 0 Å². The Morgan fingerprint density at radius 3 is 2.67 bits per heavy atom. The summed E-state index contributed by atoms with van der Waals surface area (Å²) in [6.45, 7) is 2.21. The number of benzene rings is 2. The van der Waals surface area contributed by atoms with Gasteiger partial charge >= 0.3 is 0 Å². The van der Waals surface area contributed by atoms with Gasteiger partial charge in [-0.05, 0) is 60.7 Å². The van der Waals surface area contributed by atoms with Gasteiger partial charge in [0.2, 0.25) is 0 Å². The minimum atomic E-state index is 0.310. The van der Waals surface area contributed by atoms with Gasteiger partial charge < -0.3 is 15.8 Å². The molecule has 3 rings (SSSR count). The number of nitrogens with two attached hydrogens (primary N) is 1. The molecule has 3 N–H and O–H groups in total. The molecule has 2 atom stereocenters. The van der Waals surface area contributed by atoms with E-state index in [1.54, 1.807) is 7.11 Å². The Morgan fingerprint density at radius 2 is 1.95 bits per heavy atom.